The number of rotatable bonds is 3. The standard InChI is InChI=1S/C14H21AsN4/c1-18(11-4-2-3-5-11)12-6-7-19(10-12)13-8-14(15)17-16-9-13/h8-9,11-12H,2-7,10H2,1H3/t12-/m0/s1. The Morgan fingerprint density at radius 2 is 2.05 bits per heavy atom. The average Bonchev–Trinajstić information content (AvgIpc) is 3.10. The number of hydrogen-bond acceptors (Lipinski definition) is 4. The van der Waals surface area contributed by atoms with E-state index in [4.69, 9.17) is 0 Å². The summed E-state index contributed by atoms with van der Waals surface area (Å²) in [5.41, 5.74) is 1.22. The zero-order valence-corrected chi connectivity index (χ0v) is 13.4. The second kappa shape index (κ2) is 5.80. The zero-order valence-electron chi connectivity index (χ0n) is 11.5. The molecule has 102 valence electrons. The van der Waals surface area contributed by atoms with E-state index in [0.717, 1.165) is 23.6 Å². The Balaban J connectivity index is 1.63. The molecular formula is C14H21AsN4. The summed E-state index contributed by atoms with van der Waals surface area (Å²) in [4.78, 5) is 5.08. The van der Waals surface area contributed by atoms with Crippen molar-refractivity contribution in [3.8, 4) is 0 Å². The van der Waals surface area contributed by atoms with Crippen LogP contribution in [-0.2, 0) is 0 Å². The quantitative estimate of drug-likeness (QED) is 0.769. The molecule has 5 heteroatoms. The van der Waals surface area contributed by atoms with Gasteiger partial charge in [0.1, 0.15) is 0 Å². The van der Waals surface area contributed by atoms with Gasteiger partial charge in [-0.1, -0.05) is 0 Å². The summed E-state index contributed by atoms with van der Waals surface area (Å²) in [6.45, 7) is 2.27. The van der Waals surface area contributed by atoms with E-state index in [-0.39, 0.29) is 0 Å². The molecule has 2 heterocycles. The van der Waals surface area contributed by atoms with Crippen molar-refractivity contribution in [3.05, 3.63) is 12.3 Å². The van der Waals surface area contributed by atoms with Crippen LogP contribution in [-0.4, -0.2) is 64.2 Å². The first-order valence-corrected chi connectivity index (χ1v) is 8.16. The molecule has 1 aromatic rings. The molecule has 0 unspecified atom stereocenters. The van der Waals surface area contributed by atoms with Gasteiger partial charge in [-0.15, -0.1) is 0 Å². The number of likely N-dealkylation sites (N-methyl/N-ethyl adjacent to an activating group) is 1. The third-order valence-corrected chi connectivity index (χ3v) is 5.09. The van der Waals surface area contributed by atoms with Crippen molar-refractivity contribution >= 4 is 27.0 Å². The van der Waals surface area contributed by atoms with Gasteiger partial charge in [0.2, 0.25) is 0 Å². The van der Waals surface area contributed by atoms with Gasteiger partial charge in [0.15, 0.2) is 0 Å². The molecule has 19 heavy (non-hydrogen) atoms. The van der Waals surface area contributed by atoms with Crippen molar-refractivity contribution in [2.45, 2.75) is 44.2 Å². The van der Waals surface area contributed by atoms with Crippen molar-refractivity contribution < 1.29 is 0 Å². The van der Waals surface area contributed by atoms with E-state index >= 15 is 0 Å². The fraction of sp³-hybridized carbons (Fsp3) is 0.714. The van der Waals surface area contributed by atoms with Crippen molar-refractivity contribution in [2.24, 2.45) is 0 Å². The van der Waals surface area contributed by atoms with E-state index in [0.29, 0.717) is 6.04 Å². The van der Waals surface area contributed by atoms with Crippen LogP contribution in [0.1, 0.15) is 32.1 Å². The van der Waals surface area contributed by atoms with Crippen LogP contribution >= 0.6 is 0 Å². The summed E-state index contributed by atoms with van der Waals surface area (Å²) in [5.74, 6) is 0. The monoisotopic (exact) mass is 320 g/mol. The minimum atomic E-state index is 0.700. The molecule has 1 aliphatic heterocycles. The van der Waals surface area contributed by atoms with E-state index in [1.807, 2.05) is 6.20 Å². The van der Waals surface area contributed by atoms with Crippen LogP contribution in [0, 0.1) is 0 Å². The van der Waals surface area contributed by atoms with Gasteiger partial charge in [0.05, 0.1) is 0 Å². The summed E-state index contributed by atoms with van der Waals surface area (Å²) >= 11 is 2.47. The topological polar surface area (TPSA) is 32.3 Å². The molecule has 1 aliphatic carbocycles. The molecule has 0 bridgehead atoms. The summed E-state index contributed by atoms with van der Waals surface area (Å²) in [6, 6.07) is 3.63. The maximum atomic E-state index is 4.06. The molecule has 0 N–H and O–H groups in total. The summed E-state index contributed by atoms with van der Waals surface area (Å²) in [6.07, 6.45) is 8.76. The van der Waals surface area contributed by atoms with Crippen molar-refractivity contribution in [1.29, 1.82) is 0 Å². The SMILES string of the molecule is CN(C1CCCC1)[C@H]1CCN(c2cnnc([As])c2)C1. The fourth-order valence-electron chi connectivity index (χ4n) is 3.44. The Morgan fingerprint density at radius 3 is 2.79 bits per heavy atom. The van der Waals surface area contributed by atoms with Crippen LogP contribution in [0.5, 0.6) is 0 Å². The normalized spacial score (nSPS) is 24.6. The first-order chi connectivity index (χ1) is 9.24. The van der Waals surface area contributed by atoms with Crippen LogP contribution in [0.15, 0.2) is 12.3 Å². The van der Waals surface area contributed by atoms with Crippen LogP contribution in [0.2, 0.25) is 0 Å². The van der Waals surface area contributed by atoms with E-state index in [1.165, 1.54) is 37.8 Å². The molecule has 1 saturated carbocycles. The molecule has 2 fully saturated rings. The molecule has 2 radical (unpaired) electrons. The second-order valence-corrected chi connectivity index (χ2v) is 6.73. The van der Waals surface area contributed by atoms with Gasteiger partial charge in [-0.05, 0) is 0 Å². The number of anilines is 1. The van der Waals surface area contributed by atoms with Gasteiger partial charge in [-0.25, -0.2) is 0 Å². The molecular weight excluding hydrogens is 299 g/mol. The van der Waals surface area contributed by atoms with Crippen LogP contribution < -0.4 is 9.38 Å². The van der Waals surface area contributed by atoms with Crippen molar-refractivity contribution in [3.63, 3.8) is 0 Å². The van der Waals surface area contributed by atoms with E-state index in [9.17, 15) is 0 Å². The number of nitrogens with zero attached hydrogens (tertiary/aromatic N) is 4. The first kappa shape index (κ1) is 13.4. The van der Waals surface area contributed by atoms with Gasteiger partial charge in [0, 0.05) is 0 Å². The molecule has 2 aliphatic rings. The minimum absolute atomic E-state index is 0.700. The third kappa shape index (κ3) is 2.95. The second-order valence-electron chi connectivity index (χ2n) is 5.76. The van der Waals surface area contributed by atoms with Crippen molar-refractivity contribution in [2.75, 3.05) is 25.0 Å². The third-order valence-electron chi connectivity index (χ3n) is 4.63. The molecule has 4 nitrogen and oxygen atoms in total. The van der Waals surface area contributed by atoms with Gasteiger partial charge in [-0.3, -0.25) is 0 Å². The molecule has 0 aromatic carbocycles. The van der Waals surface area contributed by atoms with Gasteiger partial charge >= 0.3 is 124 Å². The van der Waals surface area contributed by atoms with Gasteiger partial charge < -0.3 is 0 Å². The predicted octanol–water partition coefficient (Wildman–Crippen LogP) is 0.723. The Morgan fingerprint density at radius 1 is 1.26 bits per heavy atom. The first-order valence-electron chi connectivity index (χ1n) is 7.22. The van der Waals surface area contributed by atoms with E-state index in [1.54, 1.807) is 0 Å². The molecule has 0 spiro atoms. The van der Waals surface area contributed by atoms with Crippen LogP contribution in [0.4, 0.5) is 5.69 Å². The summed E-state index contributed by atoms with van der Waals surface area (Å²) < 4.78 is 0.942. The molecule has 1 aromatic heterocycles. The molecule has 1 atom stereocenters. The summed E-state index contributed by atoms with van der Waals surface area (Å²) in [5, 5.41) is 8.07. The Bertz CT molecular complexity index is 433. The van der Waals surface area contributed by atoms with E-state index < -0.39 is 0 Å². The number of hydrogen-bond donors (Lipinski definition) is 0. The van der Waals surface area contributed by atoms with Gasteiger partial charge in [-0.2, -0.15) is 0 Å². The summed E-state index contributed by atoms with van der Waals surface area (Å²) in [7, 11) is 2.32. The van der Waals surface area contributed by atoms with Crippen molar-refractivity contribution in [1.82, 2.24) is 15.1 Å². The van der Waals surface area contributed by atoms with E-state index in [2.05, 4.69) is 50.0 Å². The average molecular weight is 320 g/mol. The molecule has 1 saturated heterocycles. The Hall–Kier alpha value is -0.602. The van der Waals surface area contributed by atoms with Gasteiger partial charge in [0.25, 0.3) is 0 Å². The van der Waals surface area contributed by atoms with Crippen LogP contribution in [0.25, 0.3) is 0 Å². The predicted molar refractivity (Wildman–Crippen MR) is 78.1 cm³/mol. The Labute approximate surface area is 124 Å². The van der Waals surface area contributed by atoms with Crippen LogP contribution in [0.3, 0.4) is 0 Å². The Kier molecular flexibility index (Phi) is 4.09. The molecule has 0 amide bonds. The fourth-order valence-corrected chi connectivity index (χ4v) is 3.82. The maximum absolute atomic E-state index is 4.06. The number of aromatic nitrogens is 2. The zero-order chi connectivity index (χ0) is 13.2. The molecule has 3 rings (SSSR count).